The molecule has 132 valence electrons. The first-order valence-electron chi connectivity index (χ1n) is 9.17. The molecule has 2 fully saturated rings. The third kappa shape index (κ3) is 2.26. The van der Waals surface area contributed by atoms with Gasteiger partial charge in [-0.1, -0.05) is 56.3 Å². The van der Waals surface area contributed by atoms with Gasteiger partial charge in [-0.2, -0.15) is 0 Å². The van der Waals surface area contributed by atoms with Crippen LogP contribution in [-0.4, -0.2) is 17.1 Å². The van der Waals surface area contributed by atoms with Crippen molar-refractivity contribution in [3.8, 4) is 11.3 Å². The number of carbonyl (C=O) groups excluding carboxylic acids is 1. The van der Waals surface area contributed by atoms with Gasteiger partial charge in [0.2, 0.25) is 0 Å². The van der Waals surface area contributed by atoms with E-state index in [0.717, 1.165) is 12.0 Å². The Morgan fingerprint density at radius 1 is 1.24 bits per heavy atom. The van der Waals surface area contributed by atoms with Crippen molar-refractivity contribution in [2.45, 2.75) is 53.0 Å². The van der Waals surface area contributed by atoms with E-state index in [1.54, 1.807) is 6.92 Å². The third-order valence-corrected chi connectivity index (χ3v) is 7.24. The van der Waals surface area contributed by atoms with Gasteiger partial charge in [0.1, 0.15) is 17.0 Å². The van der Waals surface area contributed by atoms with Gasteiger partial charge < -0.3 is 9.84 Å². The summed E-state index contributed by atoms with van der Waals surface area (Å²) in [6, 6.07) is 9.97. The molecule has 2 aliphatic rings. The largest absolute Gasteiger partial charge is 0.360 e. The van der Waals surface area contributed by atoms with Gasteiger partial charge in [0.05, 0.1) is 0 Å². The second-order valence-corrected chi connectivity index (χ2v) is 8.46. The van der Waals surface area contributed by atoms with Crippen molar-refractivity contribution in [2.24, 2.45) is 16.7 Å². The van der Waals surface area contributed by atoms with Crippen LogP contribution in [0.15, 0.2) is 34.9 Å². The number of benzene rings is 1. The smallest absolute Gasteiger partial charge is 0.257 e. The van der Waals surface area contributed by atoms with Crippen LogP contribution in [-0.2, 0) is 0 Å². The first-order chi connectivity index (χ1) is 11.8. The summed E-state index contributed by atoms with van der Waals surface area (Å²) in [6.45, 7) is 8.86. The van der Waals surface area contributed by atoms with Gasteiger partial charge in [0.25, 0.3) is 5.91 Å². The lowest BCUT2D eigenvalue weighted by Gasteiger charge is -2.39. The van der Waals surface area contributed by atoms with E-state index in [1.807, 2.05) is 30.3 Å². The molecule has 2 aliphatic carbocycles. The zero-order chi connectivity index (χ0) is 17.8. The van der Waals surface area contributed by atoms with Crippen molar-refractivity contribution in [2.75, 3.05) is 0 Å². The SMILES string of the molecule is Cc1onc(-c2ccccc2)c1C(=O)NC1CC2CCC1(C)C2(C)C. The molecule has 3 unspecified atom stereocenters. The zero-order valence-electron chi connectivity index (χ0n) is 15.4. The highest BCUT2D eigenvalue weighted by atomic mass is 16.5. The van der Waals surface area contributed by atoms with Gasteiger partial charge >= 0.3 is 0 Å². The minimum Gasteiger partial charge on any atom is -0.360 e. The van der Waals surface area contributed by atoms with Crippen LogP contribution in [0.2, 0.25) is 0 Å². The van der Waals surface area contributed by atoms with Gasteiger partial charge in [-0.3, -0.25) is 4.79 Å². The molecule has 1 heterocycles. The predicted octanol–water partition coefficient (Wildman–Crippen LogP) is 4.59. The molecule has 1 N–H and O–H groups in total. The van der Waals surface area contributed by atoms with Gasteiger partial charge in [-0.25, -0.2) is 0 Å². The standard InChI is InChI=1S/C21H26N2O2/c1-13-17(18(23-25-13)14-8-6-5-7-9-14)19(24)22-16-12-15-10-11-21(16,4)20(15,2)3/h5-9,15-16H,10-12H2,1-4H3,(H,22,24). The first kappa shape index (κ1) is 16.4. The van der Waals surface area contributed by atoms with E-state index >= 15 is 0 Å². The molecular formula is C21H26N2O2. The van der Waals surface area contributed by atoms with Gasteiger partial charge in [0, 0.05) is 11.6 Å². The van der Waals surface area contributed by atoms with E-state index in [9.17, 15) is 4.79 Å². The van der Waals surface area contributed by atoms with Crippen LogP contribution in [0.5, 0.6) is 0 Å². The topological polar surface area (TPSA) is 55.1 Å². The van der Waals surface area contributed by atoms with Crippen molar-refractivity contribution in [1.82, 2.24) is 10.5 Å². The lowest BCUT2D eigenvalue weighted by Crippen LogP contribution is -2.47. The number of nitrogens with zero attached hydrogens (tertiary/aromatic N) is 1. The number of carbonyl (C=O) groups is 1. The number of hydrogen-bond donors (Lipinski definition) is 1. The number of nitrogens with one attached hydrogen (secondary N) is 1. The van der Waals surface area contributed by atoms with Gasteiger partial charge in [-0.15, -0.1) is 0 Å². The van der Waals surface area contributed by atoms with Crippen LogP contribution < -0.4 is 5.32 Å². The summed E-state index contributed by atoms with van der Waals surface area (Å²) in [5.41, 5.74) is 2.53. The maximum atomic E-state index is 13.1. The molecule has 1 aromatic carbocycles. The van der Waals surface area contributed by atoms with Crippen LogP contribution in [0.3, 0.4) is 0 Å². The minimum atomic E-state index is -0.0628. The molecule has 2 saturated carbocycles. The number of aryl methyl sites for hydroxylation is 1. The normalized spacial score (nSPS) is 29.8. The Hall–Kier alpha value is -2.10. The number of fused-ring (bicyclic) bond motifs is 2. The van der Waals surface area contributed by atoms with Gasteiger partial charge in [-0.05, 0) is 42.9 Å². The molecule has 0 spiro atoms. The van der Waals surface area contributed by atoms with E-state index in [1.165, 1.54) is 12.8 Å². The average molecular weight is 338 g/mol. The Bertz CT molecular complexity index is 809. The van der Waals surface area contributed by atoms with Crippen molar-refractivity contribution in [1.29, 1.82) is 0 Å². The highest BCUT2D eigenvalue weighted by Crippen LogP contribution is 2.65. The Morgan fingerprint density at radius 2 is 1.96 bits per heavy atom. The number of amides is 1. The Morgan fingerprint density at radius 3 is 2.56 bits per heavy atom. The van der Waals surface area contributed by atoms with Crippen molar-refractivity contribution in [3.63, 3.8) is 0 Å². The fourth-order valence-corrected chi connectivity index (χ4v) is 5.09. The maximum absolute atomic E-state index is 13.1. The van der Waals surface area contributed by atoms with Crippen LogP contribution >= 0.6 is 0 Å². The third-order valence-electron chi connectivity index (χ3n) is 7.24. The zero-order valence-corrected chi connectivity index (χ0v) is 15.4. The second-order valence-electron chi connectivity index (χ2n) is 8.46. The van der Waals surface area contributed by atoms with Gasteiger partial charge in [0.15, 0.2) is 0 Å². The van der Waals surface area contributed by atoms with Crippen molar-refractivity contribution < 1.29 is 9.32 Å². The van der Waals surface area contributed by atoms with E-state index in [-0.39, 0.29) is 22.8 Å². The molecule has 0 saturated heterocycles. The Kier molecular flexibility index (Phi) is 3.57. The molecule has 3 atom stereocenters. The van der Waals surface area contributed by atoms with E-state index in [0.29, 0.717) is 22.9 Å². The lowest BCUT2D eigenvalue weighted by molar-refractivity contribution is 0.0825. The molecule has 1 amide bonds. The van der Waals surface area contributed by atoms with Crippen LogP contribution in [0.1, 0.15) is 56.2 Å². The highest BCUT2D eigenvalue weighted by Gasteiger charge is 2.61. The molecule has 1 aromatic heterocycles. The number of aromatic nitrogens is 1. The highest BCUT2D eigenvalue weighted by molar-refractivity contribution is 6.01. The molecule has 0 aliphatic heterocycles. The van der Waals surface area contributed by atoms with E-state index in [4.69, 9.17) is 4.52 Å². The maximum Gasteiger partial charge on any atom is 0.257 e. The van der Waals surface area contributed by atoms with Crippen LogP contribution in [0.25, 0.3) is 11.3 Å². The number of rotatable bonds is 3. The summed E-state index contributed by atoms with van der Waals surface area (Å²) in [4.78, 5) is 13.1. The molecule has 2 bridgehead atoms. The number of hydrogen-bond acceptors (Lipinski definition) is 3. The lowest BCUT2D eigenvalue weighted by atomic mass is 9.69. The summed E-state index contributed by atoms with van der Waals surface area (Å²) < 4.78 is 5.35. The fourth-order valence-electron chi connectivity index (χ4n) is 5.09. The van der Waals surface area contributed by atoms with E-state index < -0.39 is 0 Å². The molecule has 0 radical (unpaired) electrons. The fraction of sp³-hybridized carbons (Fsp3) is 0.524. The second kappa shape index (κ2) is 5.45. The van der Waals surface area contributed by atoms with E-state index in [2.05, 4.69) is 31.2 Å². The Labute approximate surface area is 149 Å². The molecule has 25 heavy (non-hydrogen) atoms. The molecular weight excluding hydrogens is 312 g/mol. The molecule has 4 nitrogen and oxygen atoms in total. The molecule has 4 rings (SSSR count). The molecule has 4 heteroatoms. The summed E-state index contributed by atoms with van der Waals surface area (Å²) in [5.74, 6) is 1.20. The minimum absolute atomic E-state index is 0.0628. The summed E-state index contributed by atoms with van der Waals surface area (Å²) in [5, 5.41) is 7.46. The molecule has 2 aromatic rings. The monoisotopic (exact) mass is 338 g/mol. The van der Waals surface area contributed by atoms with Crippen molar-refractivity contribution in [3.05, 3.63) is 41.7 Å². The quantitative estimate of drug-likeness (QED) is 0.890. The Balaban J connectivity index is 1.63. The predicted molar refractivity (Wildman–Crippen MR) is 97.2 cm³/mol. The summed E-state index contributed by atoms with van der Waals surface area (Å²) in [6.07, 6.45) is 3.53. The summed E-state index contributed by atoms with van der Waals surface area (Å²) in [7, 11) is 0. The average Bonchev–Trinajstić information content (AvgIpc) is 3.14. The summed E-state index contributed by atoms with van der Waals surface area (Å²) >= 11 is 0. The van der Waals surface area contributed by atoms with Crippen LogP contribution in [0, 0.1) is 23.7 Å². The van der Waals surface area contributed by atoms with Crippen molar-refractivity contribution >= 4 is 5.91 Å². The van der Waals surface area contributed by atoms with Crippen LogP contribution in [0.4, 0.5) is 0 Å². The first-order valence-corrected chi connectivity index (χ1v) is 9.17.